The van der Waals surface area contributed by atoms with E-state index in [1.165, 1.54) is 18.5 Å². The minimum Gasteiger partial charge on any atom is -0.393 e. The Morgan fingerprint density at radius 3 is 2.39 bits per heavy atom. The van der Waals surface area contributed by atoms with E-state index in [4.69, 9.17) is 17.3 Å². The van der Waals surface area contributed by atoms with Crippen molar-refractivity contribution in [3.8, 4) is 0 Å². The maximum absolute atomic E-state index is 12.4. The first-order valence-electron chi connectivity index (χ1n) is 8.24. The number of hydrogen-bond acceptors (Lipinski definition) is 7. The molecule has 0 aliphatic rings. The number of halogens is 1. The Kier molecular flexibility index (Phi) is 5.68. The van der Waals surface area contributed by atoms with Gasteiger partial charge in [-0.3, -0.25) is 5.43 Å². The second-order valence-corrected chi connectivity index (χ2v) is 8.23. The zero-order valence-electron chi connectivity index (χ0n) is 15.2. The van der Waals surface area contributed by atoms with Crippen LogP contribution in [-0.4, -0.2) is 18.4 Å². The molecule has 3 rings (SSSR count). The number of anilines is 4. The first-order valence-corrected chi connectivity index (χ1v) is 10.1. The number of sulfonamides is 1. The molecule has 0 saturated carbocycles. The Morgan fingerprint density at radius 1 is 1.00 bits per heavy atom. The summed E-state index contributed by atoms with van der Waals surface area (Å²) in [5.74, 6) is 0.435. The molecule has 0 unspecified atom stereocenters. The third-order valence-corrected chi connectivity index (χ3v) is 5.47. The molecule has 0 radical (unpaired) electrons. The van der Waals surface area contributed by atoms with Crippen LogP contribution in [0.25, 0.3) is 0 Å². The summed E-state index contributed by atoms with van der Waals surface area (Å²) in [6.45, 7) is 3.78. The Morgan fingerprint density at radius 2 is 1.68 bits per heavy atom. The van der Waals surface area contributed by atoms with Crippen LogP contribution in [0.5, 0.6) is 0 Å². The van der Waals surface area contributed by atoms with Crippen LogP contribution in [0.3, 0.4) is 0 Å². The molecule has 0 amide bonds. The Labute approximate surface area is 168 Å². The van der Waals surface area contributed by atoms with Gasteiger partial charge >= 0.3 is 0 Å². The van der Waals surface area contributed by atoms with E-state index < -0.39 is 10.0 Å². The van der Waals surface area contributed by atoms with E-state index in [2.05, 4.69) is 25.5 Å². The summed E-state index contributed by atoms with van der Waals surface area (Å²) in [7, 11) is -3.79. The number of nitrogens with one attached hydrogen (secondary N) is 3. The Hall–Kier alpha value is -2.88. The first-order chi connectivity index (χ1) is 13.3. The lowest BCUT2D eigenvalue weighted by atomic mass is 10.2. The van der Waals surface area contributed by atoms with Gasteiger partial charge in [-0.15, -0.1) is 4.83 Å². The van der Waals surface area contributed by atoms with E-state index in [1.54, 1.807) is 24.3 Å². The van der Waals surface area contributed by atoms with E-state index in [-0.39, 0.29) is 16.4 Å². The van der Waals surface area contributed by atoms with Crippen molar-refractivity contribution in [2.24, 2.45) is 0 Å². The fraction of sp³-hybridized carbons (Fsp3) is 0.111. The molecule has 1 heterocycles. The third-order valence-electron chi connectivity index (χ3n) is 3.97. The molecule has 0 saturated heterocycles. The van der Waals surface area contributed by atoms with Gasteiger partial charge in [0.15, 0.2) is 11.6 Å². The lowest BCUT2D eigenvalue weighted by Crippen LogP contribution is -2.30. The maximum Gasteiger partial charge on any atom is 0.257 e. The highest BCUT2D eigenvalue weighted by Crippen LogP contribution is 2.28. The molecule has 0 aliphatic carbocycles. The summed E-state index contributed by atoms with van der Waals surface area (Å²) in [6.07, 6.45) is 1.26. The monoisotopic (exact) mass is 418 g/mol. The van der Waals surface area contributed by atoms with Crippen molar-refractivity contribution in [2.75, 3.05) is 16.5 Å². The van der Waals surface area contributed by atoms with Crippen molar-refractivity contribution >= 4 is 44.6 Å². The van der Waals surface area contributed by atoms with Gasteiger partial charge in [0, 0.05) is 10.7 Å². The molecule has 5 N–H and O–H groups in total. The van der Waals surface area contributed by atoms with Gasteiger partial charge in [-0.1, -0.05) is 35.4 Å². The normalized spacial score (nSPS) is 11.2. The van der Waals surface area contributed by atoms with E-state index in [9.17, 15) is 8.42 Å². The molecule has 3 aromatic rings. The molecular weight excluding hydrogens is 400 g/mol. The smallest absolute Gasteiger partial charge is 0.257 e. The van der Waals surface area contributed by atoms with Gasteiger partial charge in [-0.25, -0.2) is 18.4 Å². The topological polar surface area (TPSA) is 122 Å². The quantitative estimate of drug-likeness (QED) is 0.452. The Balaban J connectivity index is 1.79. The van der Waals surface area contributed by atoms with E-state index in [0.717, 1.165) is 16.8 Å². The molecule has 0 spiro atoms. The van der Waals surface area contributed by atoms with Crippen molar-refractivity contribution in [3.63, 3.8) is 0 Å². The van der Waals surface area contributed by atoms with E-state index in [0.29, 0.717) is 10.8 Å². The second kappa shape index (κ2) is 8.01. The molecule has 1 aromatic heterocycles. The number of aryl methyl sites for hydroxylation is 2. The number of hydrazine groups is 1. The molecule has 8 nitrogen and oxygen atoms in total. The van der Waals surface area contributed by atoms with E-state index in [1.807, 2.05) is 19.9 Å². The molecule has 10 heteroatoms. The van der Waals surface area contributed by atoms with E-state index >= 15 is 0 Å². The van der Waals surface area contributed by atoms with Gasteiger partial charge in [0.05, 0.1) is 4.90 Å². The van der Waals surface area contributed by atoms with Gasteiger partial charge in [0.25, 0.3) is 10.0 Å². The average Bonchev–Trinajstić information content (AvgIpc) is 2.66. The van der Waals surface area contributed by atoms with Crippen LogP contribution in [0, 0.1) is 13.8 Å². The zero-order chi connectivity index (χ0) is 20.3. The number of nitrogens with zero attached hydrogens (tertiary/aromatic N) is 2. The summed E-state index contributed by atoms with van der Waals surface area (Å²) < 4.78 is 24.8. The van der Waals surface area contributed by atoms with Crippen LogP contribution >= 0.6 is 11.6 Å². The van der Waals surface area contributed by atoms with Crippen molar-refractivity contribution in [2.45, 2.75) is 18.7 Å². The summed E-state index contributed by atoms with van der Waals surface area (Å²) in [5, 5.41) is 3.64. The molecular formula is C18H19ClN6O2S. The van der Waals surface area contributed by atoms with Crippen molar-refractivity contribution in [3.05, 3.63) is 64.9 Å². The molecule has 0 atom stereocenters. The SMILES string of the molecule is Cc1ccc(S(=O)(=O)NNc2ncnc(Nc3cc(Cl)ccc3C)c2N)cc1. The van der Waals surface area contributed by atoms with Crippen LogP contribution in [0.1, 0.15) is 11.1 Å². The average molecular weight is 419 g/mol. The van der Waals surface area contributed by atoms with Gasteiger partial charge in [0.2, 0.25) is 0 Å². The minimum absolute atomic E-state index is 0.117. The van der Waals surface area contributed by atoms with Crippen molar-refractivity contribution in [1.82, 2.24) is 14.8 Å². The highest BCUT2D eigenvalue weighted by Gasteiger charge is 2.16. The molecule has 28 heavy (non-hydrogen) atoms. The van der Waals surface area contributed by atoms with Crippen LogP contribution in [0.2, 0.25) is 5.02 Å². The first kappa shape index (κ1) is 19.9. The predicted molar refractivity (Wildman–Crippen MR) is 111 cm³/mol. The lowest BCUT2D eigenvalue weighted by molar-refractivity contribution is 0.587. The number of nitrogens with two attached hydrogens (primary N) is 1. The van der Waals surface area contributed by atoms with Crippen LogP contribution < -0.4 is 21.3 Å². The standard InChI is InChI=1S/C18H19ClN6O2S/c1-11-3-7-14(8-4-11)28(26,27)25-24-18-16(20)17(21-10-22-18)23-15-9-13(19)6-5-12(15)2/h3-10,25H,20H2,1-2H3,(H2,21,22,23,24). The number of rotatable bonds is 6. The number of benzene rings is 2. The number of nitrogen functional groups attached to an aromatic ring is 1. The maximum atomic E-state index is 12.4. The van der Waals surface area contributed by atoms with Crippen LogP contribution in [-0.2, 0) is 10.0 Å². The zero-order valence-corrected chi connectivity index (χ0v) is 16.8. The molecule has 2 aromatic carbocycles. The van der Waals surface area contributed by atoms with Crippen LogP contribution in [0.4, 0.5) is 23.0 Å². The highest BCUT2D eigenvalue weighted by molar-refractivity contribution is 7.89. The van der Waals surface area contributed by atoms with Gasteiger partial charge in [-0.05, 0) is 43.7 Å². The van der Waals surface area contributed by atoms with Crippen molar-refractivity contribution in [1.29, 1.82) is 0 Å². The summed E-state index contributed by atoms with van der Waals surface area (Å²) in [5.41, 5.74) is 11.4. The third kappa shape index (κ3) is 4.50. The predicted octanol–water partition coefficient (Wildman–Crippen LogP) is 3.38. The van der Waals surface area contributed by atoms with Gasteiger partial charge in [-0.2, -0.15) is 0 Å². The second-order valence-electron chi connectivity index (χ2n) is 6.11. The fourth-order valence-electron chi connectivity index (χ4n) is 2.34. The fourth-order valence-corrected chi connectivity index (χ4v) is 3.36. The molecule has 0 bridgehead atoms. The summed E-state index contributed by atoms with van der Waals surface area (Å²) >= 11 is 6.03. The molecule has 146 valence electrons. The number of hydrogen-bond donors (Lipinski definition) is 4. The molecule has 0 fully saturated rings. The summed E-state index contributed by atoms with van der Waals surface area (Å²) in [4.78, 5) is 10.5. The molecule has 0 aliphatic heterocycles. The largest absolute Gasteiger partial charge is 0.393 e. The lowest BCUT2D eigenvalue weighted by Gasteiger charge is -2.14. The Bertz CT molecular complexity index is 1100. The van der Waals surface area contributed by atoms with Crippen LogP contribution in [0.15, 0.2) is 53.7 Å². The summed E-state index contributed by atoms with van der Waals surface area (Å²) in [6, 6.07) is 11.8. The highest BCUT2D eigenvalue weighted by atomic mass is 35.5. The minimum atomic E-state index is -3.79. The van der Waals surface area contributed by atoms with Gasteiger partial charge < -0.3 is 11.1 Å². The van der Waals surface area contributed by atoms with Gasteiger partial charge in [0.1, 0.15) is 12.0 Å². The number of aromatic nitrogens is 2. The van der Waals surface area contributed by atoms with Crippen molar-refractivity contribution < 1.29 is 8.42 Å².